The number of halogens is 2. The molecule has 1 unspecified atom stereocenters. The molecule has 7 heteroatoms. The molecule has 2 aromatic rings. The number of rotatable bonds is 4. The summed E-state index contributed by atoms with van der Waals surface area (Å²) in [6, 6.07) is 14.6. The Morgan fingerprint density at radius 2 is 1.80 bits per heavy atom. The van der Waals surface area contributed by atoms with Gasteiger partial charge in [-0.15, -0.1) is 0 Å². The molecule has 1 fully saturated rings. The molecule has 132 valence electrons. The monoisotopic (exact) mass is 485 g/mol. The van der Waals surface area contributed by atoms with E-state index in [2.05, 4.69) is 31.9 Å². The largest absolute Gasteiger partial charge is 0.330 e. The summed E-state index contributed by atoms with van der Waals surface area (Å²) in [6.45, 7) is 0.383. The lowest BCUT2D eigenvalue weighted by Gasteiger charge is -2.28. The third-order valence-corrected chi connectivity index (χ3v) is 7.02. The van der Waals surface area contributed by atoms with Crippen molar-refractivity contribution in [3.8, 4) is 0 Å². The van der Waals surface area contributed by atoms with Gasteiger partial charge in [0.05, 0.1) is 11.5 Å². The zero-order chi connectivity index (χ0) is 18.0. The number of nitrogens with zero attached hydrogens (tertiary/aromatic N) is 1. The van der Waals surface area contributed by atoms with Gasteiger partial charge in [0.1, 0.15) is 0 Å². The van der Waals surface area contributed by atoms with Crippen molar-refractivity contribution in [1.29, 1.82) is 0 Å². The van der Waals surface area contributed by atoms with Crippen LogP contribution in [-0.4, -0.2) is 36.8 Å². The van der Waals surface area contributed by atoms with Crippen LogP contribution in [0.2, 0.25) is 0 Å². The average Bonchev–Trinajstić information content (AvgIpc) is 2.92. The van der Waals surface area contributed by atoms with E-state index in [0.29, 0.717) is 18.5 Å². The van der Waals surface area contributed by atoms with Crippen LogP contribution in [0.15, 0.2) is 57.5 Å². The SMILES string of the molecule is O=C(c1ccc(Br)cc1)N(Cc1cccc(Br)c1)C1CCS(=O)(=O)C1. The van der Waals surface area contributed by atoms with Crippen LogP contribution >= 0.6 is 31.9 Å². The Morgan fingerprint density at radius 3 is 2.40 bits per heavy atom. The van der Waals surface area contributed by atoms with Crippen LogP contribution in [0.25, 0.3) is 0 Å². The second-order valence-corrected chi connectivity index (χ2v) is 10.2. The quantitative estimate of drug-likeness (QED) is 0.655. The van der Waals surface area contributed by atoms with Crippen LogP contribution in [0.5, 0.6) is 0 Å². The lowest BCUT2D eigenvalue weighted by molar-refractivity contribution is 0.0681. The number of amides is 1. The fourth-order valence-corrected chi connectivity index (χ4v) is 5.42. The summed E-state index contributed by atoms with van der Waals surface area (Å²) < 4.78 is 25.6. The molecule has 1 amide bonds. The Bertz CT molecular complexity index is 881. The van der Waals surface area contributed by atoms with Crippen LogP contribution in [0.4, 0.5) is 0 Å². The zero-order valence-corrected chi connectivity index (χ0v) is 17.3. The normalized spacial score (nSPS) is 18.9. The first-order valence-electron chi connectivity index (χ1n) is 7.85. The number of carbonyl (C=O) groups is 1. The van der Waals surface area contributed by atoms with Gasteiger partial charge in [0.2, 0.25) is 0 Å². The van der Waals surface area contributed by atoms with Crippen molar-refractivity contribution in [2.45, 2.75) is 19.0 Å². The van der Waals surface area contributed by atoms with Crippen molar-refractivity contribution >= 4 is 47.6 Å². The van der Waals surface area contributed by atoms with Gasteiger partial charge in [0.25, 0.3) is 5.91 Å². The summed E-state index contributed by atoms with van der Waals surface area (Å²) >= 11 is 6.80. The molecule has 0 N–H and O–H groups in total. The Balaban J connectivity index is 1.91. The van der Waals surface area contributed by atoms with Gasteiger partial charge in [-0.1, -0.05) is 44.0 Å². The molecular weight excluding hydrogens is 470 g/mol. The van der Waals surface area contributed by atoms with Gasteiger partial charge >= 0.3 is 0 Å². The molecule has 0 saturated carbocycles. The summed E-state index contributed by atoms with van der Waals surface area (Å²) in [7, 11) is -3.07. The van der Waals surface area contributed by atoms with Gasteiger partial charge in [-0.3, -0.25) is 4.79 Å². The highest BCUT2D eigenvalue weighted by molar-refractivity contribution is 9.10. The molecule has 1 saturated heterocycles. The fraction of sp³-hybridized carbons (Fsp3) is 0.278. The summed E-state index contributed by atoms with van der Waals surface area (Å²) in [6.07, 6.45) is 0.485. The lowest BCUT2D eigenvalue weighted by atomic mass is 10.1. The molecule has 0 radical (unpaired) electrons. The zero-order valence-electron chi connectivity index (χ0n) is 13.4. The van der Waals surface area contributed by atoms with E-state index in [4.69, 9.17) is 0 Å². The third kappa shape index (κ3) is 4.71. The van der Waals surface area contributed by atoms with Gasteiger partial charge in [0, 0.05) is 27.1 Å². The maximum absolute atomic E-state index is 13.0. The molecule has 2 aromatic carbocycles. The van der Waals surface area contributed by atoms with E-state index < -0.39 is 9.84 Å². The molecule has 1 atom stereocenters. The molecule has 3 rings (SSSR count). The van der Waals surface area contributed by atoms with E-state index in [1.54, 1.807) is 17.0 Å². The topological polar surface area (TPSA) is 54.5 Å². The second kappa shape index (κ2) is 7.60. The number of hydrogen-bond donors (Lipinski definition) is 0. The van der Waals surface area contributed by atoms with E-state index in [9.17, 15) is 13.2 Å². The van der Waals surface area contributed by atoms with Gasteiger partial charge in [-0.2, -0.15) is 0 Å². The van der Waals surface area contributed by atoms with Gasteiger partial charge in [-0.05, 0) is 48.4 Å². The summed E-state index contributed by atoms with van der Waals surface area (Å²) in [5, 5.41) is 0. The number of carbonyl (C=O) groups excluding carboxylic acids is 1. The summed E-state index contributed by atoms with van der Waals surface area (Å²) in [4.78, 5) is 14.7. The van der Waals surface area contributed by atoms with Gasteiger partial charge in [-0.25, -0.2) is 8.42 Å². The van der Waals surface area contributed by atoms with Crippen LogP contribution in [0.1, 0.15) is 22.3 Å². The van der Waals surface area contributed by atoms with Crippen molar-refractivity contribution in [2.75, 3.05) is 11.5 Å². The minimum atomic E-state index is -3.07. The average molecular weight is 487 g/mol. The Kier molecular flexibility index (Phi) is 5.65. The van der Waals surface area contributed by atoms with Crippen molar-refractivity contribution in [3.63, 3.8) is 0 Å². The highest BCUT2D eigenvalue weighted by atomic mass is 79.9. The predicted octanol–water partition coefficient (Wildman–Crippen LogP) is 4.04. The smallest absolute Gasteiger partial charge is 0.254 e. The first-order valence-corrected chi connectivity index (χ1v) is 11.3. The van der Waals surface area contributed by atoms with Crippen LogP contribution in [0.3, 0.4) is 0 Å². The molecule has 0 aliphatic carbocycles. The Morgan fingerprint density at radius 1 is 1.08 bits per heavy atom. The number of benzene rings is 2. The van der Waals surface area contributed by atoms with Gasteiger partial charge < -0.3 is 4.90 Å². The van der Waals surface area contributed by atoms with Crippen LogP contribution < -0.4 is 0 Å². The van der Waals surface area contributed by atoms with E-state index >= 15 is 0 Å². The Hall–Kier alpha value is -1.18. The molecular formula is C18H17Br2NO3S. The fourth-order valence-electron chi connectivity index (χ4n) is 2.98. The van der Waals surface area contributed by atoms with E-state index in [1.807, 2.05) is 36.4 Å². The first-order chi connectivity index (χ1) is 11.8. The third-order valence-electron chi connectivity index (χ3n) is 4.24. The number of sulfone groups is 1. The lowest BCUT2D eigenvalue weighted by Crippen LogP contribution is -2.40. The molecule has 4 nitrogen and oxygen atoms in total. The standard InChI is InChI=1S/C18H17Br2NO3S/c19-15-6-4-14(5-7-15)18(22)21(17-8-9-25(23,24)12-17)11-13-2-1-3-16(20)10-13/h1-7,10,17H,8-9,11-12H2. The minimum Gasteiger partial charge on any atom is -0.330 e. The van der Waals surface area contributed by atoms with E-state index in [0.717, 1.165) is 14.5 Å². The minimum absolute atomic E-state index is 0.0310. The highest BCUT2D eigenvalue weighted by Gasteiger charge is 2.35. The molecule has 25 heavy (non-hydrogen) atoms. The van der Waals surface area contributed by atoms with E-state index in [1.165, 1.54) is 0 Å². The Labute approximate surface area is 164 Å². The second-order valence-electron chi connectivity index (χ2n) is 6.13. The van der Waals surface area contributed by atoms with Crippen molar-refractivity contribution in [2.24, 2.45) is 0 Å². The molecule has 1 aliphatic heterocycles. The summed E-state index contributed by atoms with van der Waals surface area (Å²) in [5.74, 6) is 0.0263. The predicted molar refractivity (Wildman–Crippen MR) is 105 cm³/mol. The van der Waals surface area contributed by atoms with Crippen LogP contribution in [-0.2, 0) is 16.4 Å². The first kappa shape index (κ1) is 18.6. The van der Waals surface area contributed by atoms with E-state index in [-0.39, 0.29) is 23.5 Å². The molecule has 0 aromatic heterocycles. The highest BCUT2D eigenvalue weighted by Crippen LogP contribution is 2.24. The molecule has 1 aliphatic rings. The number of hydrogen-bond acceptors (Lipinski definition) is 3. The molecule has 0 bridgehead atoms. The van der Waals surface area contributed by atoms with Crippen molar-refractivity contribution in [1.82, 2.24) is 4.90 Å². The van der Waals surface area contributed by atoms with Crippen molar-refractivity contribution < 1.29 is 13.2 Å². The molecule has 0 spiro atoms. The van der Waals surface area contributed by atoms with Gasteiger partial charge in [0.15, 0.2) is 9.84 Å². The molecule has 1 heterocycles. The maximum Gasteiger partial charge on any atom is 0.254 e. The van der Waals surface area contributed by atoms with Crippen molar-refractivity contribution in [3.05, 3.63) is 68.6 Å². The maximum atomic E-state index is 13.0. The summed E-state index contributed by atoms with van der Waals surface area (Å²) in [5.41, 5.74) is 1.52. The van der Waals surface area contributed by atoms with Crippen LogP contribution in [0, 0.1) is 0 Å².